The van der Waals surface area contributed by atoms with Gasteiger partial charge in [0, 0.05) is 22.8 Å². The molecule has 0 bridgehead atoms. The first kappa shape index (κ1) is 15.6. The van der Waals surface area contributed by atoms with Gasteiger partial charge in [0.05, 0.1) is 11.6 Å². The van der Waals surface area contributed by atoms with Crippen molar-refractivity contribution in [3.63, 3.8) is 0 Å². The van der Waals surface area contributed by atoms with Crippen molar-refractivity contribution >= 4 is 11.3 Å². The monoisotopic (exact) mass is 270 g/mol. The average molecular weight is 270 g/mol. The van der Waals surface area contributed by atoms with Crippen LogP contribution in [0.3, 0.4) is 0 Å². The number of ether oxygens (including phenoxy) is 1. The Bertz CT molecular complexity index is 353. The first-order chi connectivity index (χ1) is 8.59. The first-order valence-corrected chi connectivity index (χ1v) is 7.58. The van der Waals surface area contributed by atoms with Crippen LogP contribution in [0.5, 0.6) is 0 Å². The second kappa shape index (κ2) is 7.24. The Morgan fingerprint density at radius 3 is 2.44 bits per heavy atom. The van der Waals surface area contributed by atoms with E-state index in [1.165, 1.54) is 9.75 Å². The summed E-state index contributed by atoms with van der Waals surface area (Å²) in [6.07, 6.45) is 2.97. The molecule has 0 aromatic carbocycles. The molecule has 1 aromatic rings. The Morgan fingerprint density at radius 2 is 2.00 bits per heavy atom. The van der Waals surface area contributed by atoms with Gasteiger partial charge in [0.2, 0.25) is 0 Å². The number of hydrogen-bond acceptors (Lipinski definition) is 4. The highest BCUT2D eigenvalue weighted by molar-refractivity contribution is 7.11. The lowest BCUT2D eigenvalue weighted by molar-refractivity contribution is -0.0549. The lowest BCUT2D eigenvalue weighted by Gasteiger charge is -2.36. The van der Waals surface area contributed by atoms with Crippen LogP contribution in [-0.2, 0) is 17.6 Å². The molecule has 1 aromatic heterocycles. The van der Waals surface area contributed by atoms with E-state index in [0.717, 1.165) is 19.3 Å². The van der Waals surface area contributed by atoms with Crippen LogP contribution in [0.15, 0.2) is 12.1 Å². The number of nitrogens with two attached hydrogens (primary N) is 1. The van der Waals surface area contributed by atoms with E-state index in [1.807, 2.05) is 18.3 Å². The SMILES string of the molecule is CCOC(C)(CC)C(Cc1ccc(CC)s1)NN. The second-order valence-corrected chi connectivity index (χ2v) is 6.00. The second-order valence-electron chi connectivity index (χ2n) is 4.74. The summed E-state index contributed by atoms with van der Waals surface area (Å²) in [5.41, 5.74) is 2.73. The molecule has 104 valence electrons. The number of hydrazine groups is 1. The molecule has 2 atom stereocenters. The summed E-state index contributed by atoms with van der Waals surface area (Å²) in [4.78, 5) is 2.80. The Hall–Kier alpha value is -0.420. The molecule has 18 heavy (non-hydrogen) atoms. The van der Waals surface area contributed by atoms with Crippen molar-refractivity contribution in [3.05, 3.63) is 21.9 Å². The molecule has 1 heterocycles. The van der Waals surface area contributed by atoms with Gasteiger partial charge in [0.15, 0.2) is 0 Å². The van der Waals surface area contributed by atoms with Crippen molar-refractivity contribution in [2.24, 2.45) is 5.84 Å². The van der Waals surface area contributed by atoms with E-state index < -0.39 is 0 Å². The van der Waals surface area contributed by atoms with E-state index in [4.69, 9.17) is 10.6 Å². The minimum Gasteiger partial charge on any atom is -0.374 e. The molecule has 0 saturated heterocycles. The third kappa shape index (κ3) is 3.79. The van der Waals surface area contributed by atoms with Crippen LogP contribution in [0.25, 0.3) is 0 Å². The molecule has 3 nitrogen and oxygen atoms in total. The molecule has 4 heteroatoms. The van der Waals surface area contributed by atoms with Crippen LogP contribution in [0.1, 0.15) is 43.9 Å². The molecule has 0 aliphatic rings. The lowest BCUT2D eigenvalue weighted by atomic mass is 9.90. The summed E-state index contributed by atoms with van der Waals surface area (Å²) >= 11 is 1.87. The van der Waals surface area contributed by atoms with Crippen molar-refractivity contribution in [1.29, 1.82) is 0 Å². The maximum atomic E-state index is 5.90. The van der Waals surface area contributed by atoms with Gasteiger partial charge in [0.1, 0.15) is 0 Å². The van der Waals surface area contributed by atoms with Gasteiger partial charge in [-0.1, -0.05) is 13.8 Å². The smallest absolute Gasteiger partial charge is 0.0820 e. The highest BCUT2D eigenvalue weighted by atomic mass is 32.1. The fourth-order valence-corrected chi connectivity index (χ4v) is 3.16. The van der Waals surface area contributed by atoms with E-state index in [9.17, 15) is 0 Å². The normalized spacial score (nSPS) is 16.5. The molecule has 0 aliphatic heterocycles. The van der Waals surface area contributed by atoms with Crippen LogP contribution in [-0.4, -0.2) is 18.2 Å². The Balaban J connectivity index is 2.76. The molecule has 0 spiro atoms. The summed E-state index contributed by atoms with van der Waals surface area (Å²) in [6, 6.07) is 4.55. The molecular weight excluding hydrogens is 244 g/mol. The molecule has 0 amide bonds. The standard InChI is InChI=1S/C14H26N2OS/c1-5-11-8-9-12(18-11)10-13(16-15)14(4,6-2)17-7-3/h8-9,13,16H,5-7,10,15H2,1-4H3. The highest BCUT2D eigenvalue weighted by Gasteiger charge is 2.32. The van der Waals surface area contributed by atoms with Crippen molar-refractivity contribution in [2.45, 2.75) is 58.6 Å². The van der Waals surface area contributed by atoms with Gasteiger partial charge in [-0.25, -0.2) is 0 Å². The van der Waals surface area contributed by atoms with Gasteiger partial charge in [-0.15, -0.1) is 11.3 Å². The van der Waals surface area contributed by atoms with Crippen molar-refractivity contribution < 1.29 is 4.74 Å². The zero-order valence-corrected chi connectivity index (χ0v) is 12.8. The molecular formula is C14H26N2OS. The first-order valence-electron chi connectivity index (χ1n) is 6.77. The minimum absolute atomic E-state index is 0.144. The fraction of sp³-hybridized carbons (Fsp3) is 0.714. The quantitative estimate of drug-likeness (QED) is 0.564. The number of hydrogen-bond donors (Lipinski definition) is 2. The zero-order chi connectivity index (χ0) is 13.6. The molecule has 0 fully saturated rings. The molecule has 1 rings (SSSR count). The number of thiophene rings is 1. The summed E-state index contributed by atoms with van der Waals surface area (Å²) in [6.45, 7) is 9.21. The van der Waals surface area contributed by atoms with E-state index in [-0.39, 0.29) is 11.6 Å². The van der Waals surface area contributed by atoms with E-state index in [1.54, 1.807) is 0 Å². The molecule has 0 aliphatic carbocycles. The topological polar surface area (TPSA) is 47.3 Å². The summed E-state index contributed by atoms with van der Waals surface area (Å²) < 4.78 is 5.90. The lowest BCUT2D eigenvalue weighted by Crippen LogP contribution is -2.54. The number of rotatable bonds is 8. The third-order valence-electron chi connectivity index (χ3n) is 3.59. The third-order valence-corrected chi connectivity index (χ3v) is 4.84. The van der Waals surface area contributed by atoms with E-state index in [2.05, 4.69) is 38.3 Å². The Kier molecular flexibility index (Phi) is 6.29. The predicted molar refractivity (Wildman–Crippen MR) is 78.8 cm³/mol. The maximum Gasteiger partial charge on any atom is 0.0820 e. The van der Waals surface area contributed by atoms with Crippen molar-refractivity contribution in [1.82, 2.24) is 5.43 Å². The maximum absolute atomic E-state index is 5.90. The van der Waals surface area contributed by atoms with Crippen molar-refractivity contribution in [3.8, 4) is 0 Å². The van der Waals surface area contributed by atoms with E-state index in [0.29, 0.717) is 6.61 Å². The number of nitrogens with one attached hydrogen (secondary N) is 1. The highest BCUT2D eigenvalue weighted by Crippen LogP contribution is 2.26. The van der Waals surface area contributed by atoms with Gasteiger partial charge in [0.25, 0.3) is 0 Å². The summed E-state index contributed by atoms with van der Waals surface area (Å²) in [7, 11) is 0. The zero-order valence-electron chi connectivity index (χ0n) is 12.0. The molecule has 0 saturated carbocycles. The Labute approximate surface area is 115 Å². The average Bonchev–Trinajstić information content (AvgIpc) is 2.83. The fourth-order valence-electron chi connectivity index (χ4n) is 2.15. The minimum atomic E-state index is -0.208. The Morgan fingerprint density at radius 1 is 1.33 bits per heavy atom. The molecule has 0 radical (unpaired) electrons. The van der Waals surface area contributed by atoms with Gasteiger partial charge in [-0.05, 0) is 38.8 Å². The molecule has 2 unspecified atom stereocenters. The van der Waals surface area contributed by atoms with Crippen LogP contribution in [0, 0.1) is 0 Å². The van der Waals surface area contributed by atoms with Gasteiger partial charge in [-0.3, -0.25) is 11.3 Å². The molecule has 3 N–H and O–H groups in total. The van der Waals surface area contributed by atoms with E-state index >= 15 is 0 Å². The largest absolute Gasteiger partial charge is 0.374 e. The van der Waals surface area contributed by atoms with Crippen LogP contribution in [0.2, 0.25) is 0 Å². The van der Waals surface area contributed by atoms with Crippen LogP contribution >= 0.6 is 11.3 Å². The van der Waals surface area contributed by atoms with Gasteiger partial charge >= 0.3 is 0 Å². The van der Waals surface area contributed by atoms with Gasteiger partial charge in [-0.2, -0.15) is 0 Å². The van der Waals surface area contributed by atoms with Crippen LogP contribution in [0.4, 0.5) is 0 Å². The van der Waals surface area contributed by atoms with Gasteiger partial charge < -0.3 is 4.74 Å². The predicted octanol–water partition coefficient (Wildman–Crippen LogP) is 2.89. The van der Waals surface area contributed by atoms with Crippen LogP contribution < -0.4 is 11.3 Å². The number of aryl methyl sites for hydroxylation is 1. The summed E-state index contributed by atoms with van der Waals surface area (Å²) in [5, 5.41) is 0. The summed E-state index contributed by atoms with van der Waals surface area (Å²) in [5.74, 6) is 5.73. The van der Waals surface area contributed by atoms with Crippen molar-refractivity contribution in [2.75, 3.05) is 6.61 Å².